The molecule has 1 amide bonds. The van der Waals surface area contributed by atoms with Crippen molar-refractivity contribution >= 4 is 22.7 Å². The van der Waals surface area contributed by atoms with Gasteiger partial charge in [-0.2, -0.15) is 0 Å². The molecule has 2 aromatic carbocycles. The van der Waals surface area contributed by atoms with Crippen molar-refractivity contribution in [2.45, 2.75) is 0 Å². The maximum Gasteiger partial charge on any atom is 0.274 e. The predicted octanol–water partition coefficient (Wildman–Crippen LogP) is 3.72. The van der Waals surface area contributed by atoms with Crippen molar-refractivity contribution in [1.29, 1.82) is 0 Å². The van der Waals surface area contributed by atoms with Gasteiger partial charge in [-0.05, 0) is 42.5 Å². The van der Waals surface area contributed by atoms with E-state index in [1.165, 1.54) is 12.7 Å². The van der Waals surface area contributed by atoms with Crippen molar-refractivity contribution in [3.8, 4) is 17.3 Å². The fraction of sp³-hybridized carbons (Fsp3) is 0. The molecule has 8 heteroatoms. The van der Waals surface area contributed by atoms with Crippen molar-refractivity contribution in [1.82, 2.24) is 24.7 Å². The minimum Gasteiger partial charge on any atom is -0.436 e. The quantitative estimate of drug-likeness (QED) is 0.509. The smallest absolute Gasteiger partial charge is 0.274 e. The number of amides is 1. The minimum absolute atomic E-state index is 0.279. The second kappa shape index (κ2) is 7.01. The van der Waals surface area contributed by atoms with Crippen LogP contribution in [0.1, 0.15) is 10.5 Å². The summed E-state index contributed by atoms with van der Waals surface area (Å²) in [5.74, 6) is 0.764. The van der Waals surface area contributed by atoms with Crippen LogP contribution in [0.15, 0.2) is 83.8 Å². The highest BCUT2D eigenvalue weighted by molar-refractivity contribution is 6.03. The average Bonchev–Trinajstić information content (AvgIpc) is 3.44. The summed E-state index contributed by atoms with van der Waals surface area (Å²) in [6.45, 7) is 0. The molecular weight excluding hydrogens is 368 g/mol. The topological polar surface area (TPSA) is 98.7 Å². The van der Waals surface area contributed by atoms with E-state index < -0.39 is 0 Å². The first kappa shape index (κ1) is 16.8. The number of nitrogens with zero attached hydrogens (tertiary/aromatic N) is 5. The van der Waals surface area contributed by atoms with E-state index in [1.54, 1.807) is 41.0 Å². The SMILES string of the molecule is O=C(Nc1ccc2oc(-c3ccccc3)nc2c1)c1cccc(-n2cnnc2)n1. The standard InChI is InChI=1S/C21H14N6O2/c28-20(16-7-4-8-19(25-16)27-12-22-23-13-27)24-15-9-10-18-17(11-15)26-21(29-18)14-5-2-1-3-6-14/h1-13H,(H,24,28). The number of hydrogen-bond acceptors (Lipinski definition) is 6. The first-order valence-corrected chi connectivity index (χ1v) is 8.86. The summed E-state index contributed by atoms with van der Waals surface area (Å²) < 4.78 is 7.43. The van der Waals surface area contributed by atoms with Gasteiger partial charge in [0.25, 0.3) is 5.91 Å². The van der Waals surface area contributed by atoms with E-state index in [2.05, 4.69) is 25.5 Å². The molecule has 0 saturated heterocycles. The molecule has 0 spiro atoms. The van der Waals surface area contributed by atoms with Gasteiger partial charge in [0, 0.05) is 11.3 Å². The molecular formula is C21H14N6O2. The highest BCUT2D eigenvalue weighted by atomic mass is 16.3. The van der Waals surface area contributed by atoms with Gasteiger partial charge in [0.1, 0.15) is 29.7 Å². The van der Waals surface area contributed by atoms with Gasteiger partial charge in [0.2, 0.25) is 5.89 Å². The van der Waals surface area contributed by atoms with Gasteiger partial charge in [-0.25, -0.2) is 9.97 Å². The van der Waals surface area contributed by atoms with Crippen LogP contribution in [0.5, 0.6) is 0 Å². The largest absolute Gasteiger partial charge is 0.436 e. The lowest BCUT2D eigenvalue weighted by molar-refractivity contribution is 0.102. The molecule has 0 atom stereocenters. The lowest BCUT2D eigenvalue weighted by Crippen LogP contribution is -2.14. The Morgan fingerprint density at radius 1 is 0.897 bits per heavy atom. The maximum absolute atomic E-state index is 12.6. The monoisotopic (exact) mass is 382 g/mol. The average molecular weight is 382 g/mol. The number of rotatable bonds is 4. The molecule has 0 radical (unpaired) electrons. The molecule has 5 rings (SSSR count). The van der Waals surface area contributed by atoms with Crippen molar-refractivity contribution in [2.75, 3.05) is 5.32 Å². The summed E-state index contributed by atoms with van der Waals surface area (Å²) in [6.07, 6.45) is 3.04. The Kier molecular flexibility index (Phi) is 4.06. The second-order valence-corrected chi connectivity index (χ2v) is 6.27. The molecule has 29 heavy (non-hydrogen) atoms. The number of carbonyl (C=O) groups excluding carboxylic acids is 1. The van der Waals surface area contributed by atoms with E-state index in [4.69, 9.17) is 4.42 Å². The van der Waals surface area contributed by atoms with Gasteiger partial charge in [-0.15, -0.1) is 10.2 Å². The molecule has 0 bridgehead atoms. The summed E-state index contributed by atoms with van der Waals surface area (Å²) in [6, 6.07) is 20.1. The molecule has 3 aromatic heterocycles. The number of carbonyl (C=O) groups is 1. The minimum atomic E-state index is -0.328. The molecule has 0 saturated carbocycles. The van der Waals surface area contributed by atoms with E-state index in [0.717, 1.165) is 5.56 Å². The fourth-order valence-corrected chi connectivity index (χ4v) is 2.92. The number of fused-ring (bicyclic) bond motifs is 1. The van der Waals surface area contributed by atoms with E-state index in [-0.39, 0.29) is 11.6 Å². The Hall–Kier alpha value is -4.33. The molecule has 0 unspecified atom stereocenters. The zero-order valence-electron chi connectivity index (χ0n) is 15.1. The molecule has 0 aliphatic carbocycles. The molecule has 0 aliphatic heterocycles. The first-order chi connectivity index (χ1) is 14.3. The van der Waals surface area contributed by atoms with Gasteiger partial charge < -0.3 is 9.73 Å². The van der Waals surface area contributed by atoms with E-state index in [0.29, 0.717) is 28.5 Å². The lowest BCUT2D eigenvalue weighted by Gasteiger charge is -2.06. The third-order valence-electron chi connectivity index (χ3n) is 4.32. The van der Waals surface area contributed by atoms with Crippen LogP contribution in [0, 0.1) is 0 Å². The van der Waals surface area contributed by atoms with E-state index in [1.807, 2.05) is 30.3 Å². The van der Waals surface area contributed by atoms with Crippen LogP contribution in [0.25, 0.3) is 28.4 Å². The Labute approximate surface area is 164 Å². The second-order valence-electron chi connectivity index (χ2n) is 6.27. The van der Waals surface area contributed by atoms with Crippen molar-refractivity contribution in [2.24, 2.45) is 0 Å². The number of pyridine rings is 1. The molecule has 0 aliphatic rings. The van der Waals surface area contributed by atoms with Crippen LogP contribution in [-0.2, 0) is 0 Å². The van der Waals surface area contributed by atoms with Crippen molar-refractivity contribution in [3.05, 3.63) is 85.1 Å². The number of benzene rings is 2. The molecule has 3 heterocycles. The van der Waals surface area contributed by atoms with Crippen LogP contribution >= 0.6 is 0 Å². The molecule has 5 aromatic rings. The van der Waals surface area contributed by atoms with Crippen LogP contribution in [0.3, 0.4) is 0 Å². The van der Waals surface area contributed by atoms with Crippen molar-refractivity contribution in [3.63, 3.8) is 0 Å². The van der Waals surface area contributed by atoms with Gasteiger partial charge in [-0.3, -0.25) is 9.36 Å². The normalized spacial score (nSPS) is 10.9. The third-order valence-corrected chi connectivity index (χ3v) is 4.32. The zero-order valence-corrected chi connectivity index (χ0v) is 15.1. The summed E-state index contributed by atoms with van der Waals surface area (Å²) in [7, 11) is 0. The van der Waals surface area contributed by atoms with E-state index >= 15 is 0 Å². The van der Waals surface area contributed by atoms with Gasteiger partial charge in [0.15, 0.2) is 5.58 Å². The van der Waals surface area contributed by atoms with Crippen LogP contribution in [0.4, 0.5) is 5.69 Å². The number of anilines is 1. The van der Waals surface area contributed by atoms with Crippen LogP contribution in [-0.4, -0.2) is 30.6 Å². The Balaban J connectivity index is 1.40. The van der Waals surface area contributed by atoms with E-state index in [9.17, 15) is 4.79 Å². The van der Waals surface area contributed by atoms with Gasteiger partial charge >= 0.3 is 0 Å². The van der Waals surface area contributed by atoms with Gasteiger partial charge in [-0.1, -0.05) is 24.3 Å². The Bertz CT molecular complexity index is 1300. The third kappa shape index (κ3) is 3.34. The summed E-state index contributed by atoms with van der Waals surface area (Å²) in [5.41, 5.74) is 3.08. The first-order valence-electron chi connectivity index (χ1n) is 8.86. The lowest BCUT2D eigenvalue weighted by atomic mass is 10.2. The zero-order chi connectivity index (χ0) is 19.6. The summed E-state index contributed by atoms with van der Waals surface area (Å²) in [4.78, 5) is 21.5. The Morgan fingerprint density at radius 2 is 1.72 bits per heavy atom. The fourth-order valence-electron chi connectivity index (χ4n) is 2.92. The van der Waals surface area contributed by atoms with Gasteiger partial charge in [0.05, 0.1) is 0 Å². The maximum atomic E-state index is 12.6. The predicted molar refractivity (Wildman–Crippen MR) is 107 cm³/mol. The van der Waals surface area contributed by atoms with Crippen molar-refractivity contribution < 1.29 is 9.21 Å². The summed E-state index contributed by atoms with van der Waals surface area (Å²) >= 11 is 0. The number of nitrogens with one attached hydrogen (secondary N) is 1. The Morgan fingerprint density at radius 3 is 2.55 bits per heavy atom. The van der Waals surface area contributed by atoms with Crippen LogP contribution in [0.2, 0.25) is 0 Å². The highest BCUT2D eigenvalue weighted by Gasteiger charge is 2.12. The highest BCUT2D eigenvalue weighted by Crippen LogP contribution is 2.26. The molecule has 140 valence electrons. The number of oxazole rings is 1. The summed E-state index contributed by atoms with van der Waals surface area (Å²) in [5, 5.41) is 10.3. The number of hydrogen-bond donors (Lipinski definition) is 1. The molecule has 0 fully saturated rings. The molecule has 8 nitrogen and oxygen atoms in total. The number of aromatic nitrogens is 5. The molecule has 1 N–H and O–H groups in total. The van der Waals surface area contributed by atoms with Crippen LogP contribution < -0.4 is 5.32 Å².